The second kappa shape index (κ2) is 5.66. The third-order valence-corrected chi connectivity index (χ3v) is 6.73. The Kier molecular flexibility index (Phi) is 3.95. The maximum Gasteiger partial charge on any atom is 0.267 e. The fraction of sp³-hybridized carbons (Fsp3) is 0.0714. The van der Waals surface area contributed by atoms with Crippen LogP contribution in [0.15, 0.2) is 51.0 Å². The second-order valence-corrected chi connectivity index (χ2v) is 8.52. The largest absolute Gasteiger partial charge is 0.493 e. The number of carbonyl (C=O) groups is 1. The number of nitrogens with zero attached hydrogens (tertiary/aromatic N) is 1. The summed E-state index contributed by atoms with van der Waals surface area (Å²) < 4.78 is 26.1. The number of benzene rings is 1. The number of hydrogen-bond acceptors (Lipinski definition) is 5. The van der Waals surface area contributed by atoms with Gasteiger partial charge in [0.2, 0.25) is 5.88 Å². The average Bonchev–Trinajstić information content (AvgIpc) is 2.98. The van der Waals surface area contributed by atoms with Crippen molar-refractivity contribution in [3.8, 4) is 0 Å². The van der Waals surface area contributed by atoms with Crippen molar-refractivity contribution in [2.75, 3.05) is 12.4 Å². The highest BCUT2D eigenvalue weighted by molar-refractivity contribution is 9.10. The van der Waals surface area contributed by atoms with Gasteiger partial charge in [0.05, 0.1) is 4.88 Å². The Bertz CT molecular complexity index is 917. The Morgan fingerprint density at radius 3 is 2.57 bits per heavy atom. The van der Waals surface area contributed by atoms with E-state index in [1.807, 2.05) is 0 Å². The Morgan fingerprint density at radius 2 is 1.91 bits per heavy atom. The molecule has 23 heavy (non-hydrogen) atoms. The number of nitrogens with one attached hydrogen (secondary N) is 1. The third kappa shape index (κ3) is 2.64. The number of carbonyl (C=O) groups excluding carboxylic acids is 1. The molecule has 2 N–H and O–H groups in total. The maximum absolute atomic E-state index is 12.5. The summed E-state index contributed by atoms with van der Waals surface area (Å²) >= 11 is 4.39. The molecule has 0 atom stereocenters. The van der Waals surface area contributed by atoms with E-state index >= 15 is 0 Å². The van der Waals surface area contributed by atoms with Crippen molar-refractivity contribution in [2.24, 2.45) is 0 Å². The van der Waals surface area contributed by atoms with E-state index in [-0.39, 0.29) is 15.3 Å². The molecule has 0 radical (unpaired) electrons. The van der Waals surface area contributed by atoms with Crippen LogP contribution in [-0.4, -0.2) is 30.8 Å². The standard InChI is InChI=1S/C14H11BrN2O4S2/c1-17-14(19)11(12-10(6-7-22-12)23(17,20)21)13(18)16-9-4-2-8(15)3-5-9/h2-7,19H,1H3,(H,16,18). The Labute approximate surface area is 145 Å². The predicted octanol–water partition coefficient (Wildman–Crippen LogP) is 3.01. The fourth-order valence-electron chi connectivity index (χ4n) is 2.13. The number of rotatable bonds is 2. The van der Waals surface area contributed by atoms with Crippen molar-refractivity contribution in [3.05, 3.63) is 50.9 Å². The summed E-state index contributed by atoms with van der Waals surface area (Å²) in [6, 6.07) is 8.33. The predicted molar refractivity (Wildman–Crippen MR) is 91.6 cm³/mol. The van der Waals surface area contributed by atoms with Gasteiger partial charge in [-0.25, -0.2) is 12.7 Å². The lowest BCUT2D eigenvalue weighted by atomic mass is 10.2. The maximum atomic E-state index is 12.5. The monoisotopic (exact) mass is 414 g/mol. The fourth-order valence-corrected chi connectivity index (χ4v) is 4.96. The Hall–Kier alpha value is -1.84. The van der Waals surface area contributed by atoms with Crippen LogP contribution in [0.5, 0.6) is 0 Å². The van der Waals surface area contributed by atoms with Gasteiger partial charge in [-0.2, -0.15) is 0 Å². The van der Waals surface area contributed by atoms with Crippen LogP contribution >= 0.6 is 27.3 Å². The lowest BCUT2D eigenvalue weighted by molar-refractivity contribution is -0.111. The van der Waals surface area contributed by atoms with Crippen LogP contribution in [0.2, 0.25) is 0 Å². The van der Waals surface area contributed by atoms with Gasteiger partial charge >= 0.3 is 0 Å². The zero-order valence-corrected chi connectivity index (χ0v) is 15.0. The first kappa shape index (κ1) is 16.0. The zero-order chi connectivity index (χ0) is 16.8. The molecule has 9 heteroatoms. The number of aliphatic hydroxyl groups excluding tert-OH is 1. The van der Waals surface area contributed by atoms with E-state index in [0.717, 1.165) is 15.8 Å². The smallest absolute Gasteiger partial charge is 0.267 e. The molecule has 0 bridgehead atoms. The van der Waals surface area contributed by atoms with Crippen LogP contribution in [0.3, 0.4) is 0 Å². The van der Waals surface area contributed by atoms with Crippen LogP contribution in [0.4, 0.5) is 5.69 Å². The molecular formula is C14H11BrN2O4S2. The number of hydrogen-bond donors (Lipinski definition) is 2. The Balaban J connectivity index is 2.03. The van der Waals surface area contributed by atoms with Crippen molar-refractivity contribution in [1.82, 2.24) is 4.31 Å². The molecule has 0 spiro atoms. The molecule has 6 nitrogen and oxygen atoms in total. The molecule has 1 aromatic carbocycles. The van der Waals surface area contributed by atoms with E-state index in [0.29, 0.717) is 9.99 Å². The normalized spacial score (nSPS) is 16.2. The minimum Gasteiger partial charge on any atom is -0.493 e. The lowest BCUT2D eigenvalue weighted by Crippen LogP contribution is -2.33. The van der Waals surface area contributed by atoms with E-state index in [2.05, 4.69) is 21.2 Å². The summed E-state index contributed by atoms with van der Waals surface area (Å²) in [4.78, 5) is 12.8. The first-order valence-electron chi connectivity index (χ1n) is 6.39. The second-order valence-electron chi connectivity index (χ2n) is 4.75. The van der Waals surface area contributed by atoms with Crippen LogP contribution in [0.25, 0.3) is 5.57 Å². The zero-order valence-electron chi connectivity index (χ0n) is 11.8. The molecule has 2 heterocycles. The molecule has 0 aliphatic carbocycles. The minimum atomic E-state index is -3.82. The number of fused-ring (bicyclic) bond motifs is 1. The highest BCUT2D eigenvalue weighted by atomic mass is 79.9. The van der Waals surface area contributed by atoms with Gasteiger partial charge in [-0.3, -0.25) is 4.79 Å². The Morgan fingerprint density at radius 1 is 1.26 bits per heavy atom. The molecular weight excluding hydrogens is 404 g/mol. The van der Waals surface area contributed by atoms with E-state index in [9.17, 15) is 18.3 Å². The highest BCUT2D eigenvalue weighted by Gasteiger charge is 2.38. The molecule has 1 amide bonds. The SMILES string of the molecule is CN1C(O)=C(C(=O)Nc2ccc(Br)cc2)c2sccc2S1(=O)=O. The van der Waals surface area contributed by atoms with Crippen LogP contribution < -0.4 is 5.32 Å². The third-order valence-electron chi connectivity index (χ3n) is 3.35. The van der Waals surface area contributed by atoms with Gasteiger partial charge in [-0.1, -0.05) is 15.9 Å². The lowest BCUT2D eigenvalue weighted by Gasteiger charge is -2.25. The molecule has 2 aromatic rings. The molecule has 120 valence electrons. The number of anilines is 1. The van der Waals surface area contributed by atoms with E-state index in [1.165, 1.54) is 13.1 Å². The van der Waals surface area contributed by atoms with Crippen molar-refractivity contribution >= 4 is 54.5 Å². The molecule has 0 unspecified atom stereocenters. The number of amides is 1. The summed E-state index contributed by atoms with van der Waals surface area (Å²) in [5.41, 5.74) is 0.475. The molecule has 1 aliphatic heterocycles. The number of sulfonamides is 1. The van der Waals surface area contributed by atoms with Crippen molar-refractivity contribution in [1.29, 1.82) is 0 Å². The van der Waals surface area contributed by atoms with Gasteiger partial charge in [-0.05, 0) is 35.7 Å². The van der Waals surface area contributed by atoms with Crippen molar-refractivity contribution < 1.29 is 18.3 Å². The summed E-state index contributed by atoms with van der Waals surface area (Å²) in [6.07, 6.45) is 0. The molecule has 1 aliphatic rings. The molecule has 3 rings (SSSR count). The van der Waals surface area contributed by atoms with E-state index in [4.69, 9.17) is 0 Å². The minimum absolute atomic E-state index is 0.0174. The van der Waals surface area contributed by atoms with Gasteiger partial charge in [0, 0.05) is 17.2 Å². The number of thiophene rings is 1. The molecule has 1 aromatic heterocycles. The molecule has 0 saturated carbocycles. The first-order chi connectivity index (χ1) is 10.8. The van der Waals surface area contributed by atoms with Crippen molar-refractivity contribution in [3.63, 3.8) is 0 Å². The van der Waals surface area contributed by atoms with Crippen molar-refractivity contribution in [2.45, 2.75) is 4.90 Å². The highest BCUT2D eigenvalue weighted by Crippen LogP contribution is 2.38. The van der Waals surface area contributed by atoms with Crippen LogP contribution in [0, 0.1) is 0 Å². The van der Waals surface area contributed by atoms with Crippen LogP contribution in [-0.2, 0) is 14.8 Å². The van der Waals surface area contributed by atoms with E-state index < -0.39 is 21.8 Å². The van der Waals surface area contributed by atoms with Gasteiger partial charge in [-0.15, -0.1) is 11.3 Å². The average molecular weight is 415 g/mol. The molecule has 0 fully saturated rings. The number of aliphatic hydroxyl groups is 1. The molecule has 0 saturated heterocycles. The van der Waals surface area contributed by atoms with Gasteiger partial charge in [0.25, 0.3) is 15.9 Å². The van der Waals surface area contributed by atoms with Gasteiger partial charge in [0.15, 0.2) is 0 Å². The van der Waals surface area contributed by atoms with Crippen LogP contribution in [0.1, 0.15) is 4.88 Å². The number of halogens is 1. The summed E-state index contributed by atoms with van der Waals surface area (Å²) in [5, 5.41) is 14.4. The summed E-state index contributed by atoms with van der Waals surface area (Å²) in [5.74, 6) is -1.16. The van der Waals surface area contributed by atoms with E-state index in [1.54, 1.807) is 29.6 Å². The van der Waals surface area contributed by atoms with Gasteiger partial charge < -0.3 is 10.4 Å². The quantitative estimate of drug-likeness (QED) is 0.790. The van der Waals surface area contributed by atoms with Gasteiger partial charge in [0.1, 0.15) is 10.5 Å². The summed E-state index contributed by atoms with van der Waals surface area (Å²) in [6.45, 7) is 0. The first-order valence-corrected chi connectivity index (χ1v) is 9.50. The summed E-state index contributed by atoms with van der Waals surface area (Å²) in [7, 11) is -2.62. The topological polar surface area (TPSA) is 86.7 Å².